The van der Waals surface area contributed by atoms with E-state index in [1.165, 1.54) is 4.31 Å². The molecule has 0 amide bonds. The maximum absolute atomic E-state index is 12.0. The van der Waals surface area contributed by atoms with Gasteiger partial charge in [0.05, 0.1) is 0 Å². The molecule has 0 radical (unpaired) electrons. The van der Waals surface area contributed by atoms with Gasteiger partial charge in [-0.1, -0.05) is 6.92 Å². The number of hydrogen-bond acceptors (Lipinski definition) is 4. The lowest BCUT2D eigenvalue weighted by molar-refractivity contribution is 0.438. The van der Waals surface area contributed by atoms with Gasteiger partial charge in [-0.15, -0.1) is 0 Å². The van der Waals surface area contributed by atoms with Gasteiger partial charge in [-0.2, -0.15) is 29.2 Å². The van der Waals surface area contributed by atoms with Crippen molar-refractivity contribution in [1.29, 1.82) is 0 Å². The summed E-state index contributed by atoms with van der Waals surface area (Å²) in [5, 5.41) is 3.27. The second-order valence-electron chi connectivity index (χ2n) is 4.61. The molecule has 1 fully saturated rings. The third-order valence-electron chi connectivity index (χ3n) is 2.91. The molecule has 7 heteroatoms. The molecule has 5 nitrogen and oxygen atoms in total. The predicted molar refractivity (Wildman–Crippen MR) is 78.2 cm³/mol. The Hall–Kier alpha value is 0.180. The zero-order valence-electron chi connectivity index (χ0n) is 11.3. The van der Waals surface area contributed by atoms with Crippen molar-refractivity contribution in [3.63, 3.8) is 0 Å². The molecule has 1 saturated heterocycles. The number of nitrogens with zero attached hydrogens (tertiary/aromatic N) is 1. The highest BCUT2D eigenvalue weighted by Gasteiger charge is 2.24. The van der Waals surface area contributed by atoms with Crippen LogP contribution >= 0.6 is 11.8 Å². The Labute approximate surface area is 115 Å². The van der Waals surface area contributed by atoms with E-state index in [0.717, 1.165) is 43.9 Å². The number of thioether (sulfide) groups is 1. The van der Waals surface area contributed by atoms with Crippen LogP contribution in [-0.2, 0) is 10.2 Å². The first-order valence-electron chi connectivity index (χ1n) is 6.58. The van der Waals surface area contributed by atoms with Crippen LogP contribution in [0.25, 0.3) is 0 Å². The predicted octanol–water partition coefficient (Wildman–Crippen LogP) is 0.648. The van der Waals surface area contributed by atoms with E-state index < -0.39 is 10.2 Å². The summed E-state index contributed by atoms with van der Waals surface area (Å²) in [6.07, 6.45) is 2.89. The summed E-state index contributed by atoms with van der Waals surface area (Å²) in [5.74, 6) is 1.95. The average molecular weight is 295 g/mol. The molecule has 0 bridgehead atoms. The highest BCUT2D eigenvalue weighted by Crippen LogP contribution is 2.18. The monoisotopic (exact) mass is 295 g/mol. The summed E-state index contributed by atoms with van der Waals surface area (Å²) in [7, 11) is -1.65. The fourth-order valence-corrected chi connectivity index (χ4v) is 4.21. The van der Waals surface area contributed by atoms with Crippen molar-refractivity contribution in [2.45, 2.75) is 32.2 Å². The zero-order chi connectivity index (χ0) is 13.4. The van der Waals surface area contributed by atoms with Crippen LogP contribution in [0.1, 0.15) is 26.2 Å². The second-order valence-corrected chi connectivity index (χ2v) is 7.57. The van der Waals surface area contributed by atoms with Crippen LogP contribution in [0.5, 0.6) is 0 Å². The fraction of sp³-hybridized carbons (Fsp3) is 1.00. The minimum absolute atomic E-state index is 0.112. The summed E-state index contributed by atoms with van der Waals surface area (Å²) < 4.78 is 28.2. The topological polar surface area (TPSA) is 61.4 Å². The van der Waals surface area contributed by atoms with E-state index in [1.54, 1.807) is 18.8 Å². The molecule has 2 N–H and O–H groups in total. The molecule has 18 heavy (non-hydrogen) atoms. The largest absolute Gasteiger partial charge is 0.317 e. The van der Waals surface area contributed by atoms with Crippen molar-refractivity contribution >= 4 is 22.0 Å². The lowest BCUT2D eigenvalue weighted by Gasteiger charge is -2.20. The van der Waals surface area contributed by atoms with Crippen LogP contribution in [0, 0.1) is 0 Å². The van der Waals surface area contributed by atoms with Crippen molar-refractivity contribution < 1.29 is 8.42 Å². The molecule has 1 atom stereocenters. The van der Waals surface area contributed by atoms with Gasteiger partial charge in [-0.25, -0.2) is 0 Å². The summed E-state index contributed by atoms with van der Waals surface area (Å²) in [6.45, 7) is 4.54. The minimum Gasteiger partial charge on any atom is -0.317 e. The lowest BCUT2D eigenvalue weighted by Crippen LogP contribution is -2.44. The first kappa shape index (κ1) is 16.2. The van der Waals surface area contributed by atoms with Gasteiger partial charge in [-0.05, 0) is 38.1 Å². The van der Waals surface area contributed by atoms with Crippen molar-refractivity contribution in [3.8, 4) is 0 Å². The molecule has 0 aromatic carbocycles. The van der Waals surface area contributed by atoms with E-state index in [1.807, 2.05) is 0 Å². The third-order valence-corrected chi connectivity index (χ3v) is 5.71. The van der Waals surface area contributed by atoms with E-state index in [-0.39, 0.29) is 6.04 Å². The van der Waals surface area contributed by atoms with Crippen molar-refractivity contribution in [2.75, 3.05) is 38.2 Å². The smallest absolute Gasteiger partial charge is 0.279 e. The standard InChI is InChI=1S/C11H25N3O2S2/c1-3-6-12-7-4-8-14(2)18(15,16)13-11-5-9-17-10-11/h11-13H,3-10H2,1-2H3. The van der Waals surface area contributed by atoms with Crippen molar-refractivity contribution in [1.82, 2.24) is 14.3 Å². The number of hydrogen-bond donors (Lipinski definition) is 2. The lowest BCUT2D eigenvalue weighted by atomic mass is 10.3. The van der Waals surface area contributed by atoms with Crippen molar-refractivity contribution in [3.05, 3.63) is 0 Å². The molecular formula is C11H25N3O2S2. The van der Waals surface area contributed by atoms with Gasteiger partial charge < -0.3 is 5.32 Å². The molecule has 1 aliphatic rings. The molecule has 1 rings (SSSR count). The van der Waals surface area contributed by atoms with Crippen LogP contribution < -0.4 is 10.0 Å². The third kappa shape index (κ3) is 5.88. The van der Waals surface area contributed by atoms with Gasteiger partial charge in [0.2, 0.25) is 0 Å². The van der Waals surface area contributed by atoms with Crippen LogP contribution in [0.15, 0.2) is 0 Å². The molecule has 0 aliphatic carbocycles. The minimum atomic E-state index is -3.29. The Morgan fingerprint density at radius 2 is 2.17 bits per heavy atom. The highest BCUT2D eigenvalue weighted by atomic mass is 32.2. The van der Waals surface area contributed by atoms with Gasteiger partial charge >= 0.3 is 0 Å². The van der Waals surface area contributed by atoms with Gasteiger partial charge in [0.25, 0.3) is 10.2 Å². The Morgan fingerprint density at radius 1 is 1.39 bits per heavy atom. The molecule has 1 unspecified atom stereocenters. The fourth-order valence-electron chi connectivity index (χ4n) is 1.78. The zero-order valence-corrected chi connectivity index (χ0v) is 12.9. The van der Waals surface area contributed by atoms with Gasteiger partial charge in [0.15, 0.2) is 0 Å². The molecule has 0 saturated carbocycles. The van der Waals surface area contributed by atoms with Gasteiger partial charge in [-0.3, -0.25) is 0 Å². The molecule has 108 valence electrons. The quantitative estimate of drug-likeness (QED) is 0.613. The Bertz CT molecular complexity index is 316. The molecule has 0 aromatic rings. The normalized spacial score (nSPS) is 20.7. The highest BCUT2D eigenvalue weighted by molar-refractivity contribution is 7.99. The second kappa shape index (κ2) is 8.37. The van der Waals surface area contributed by atoms with E-state index in [4.69, 9.17) is 0 Å². The van der Waals surface area contributed by atoms with Crippen LogP contribution in [0.3, 0.4) is 0 Å². The summed E-state index contributed by atoms with van der Waals surface area (Å²) in [6, 6.07) is 0.112. The summed E-state index contributed by atoms with van der Waals surface area (Å²) in [4.78, 5) is 0. The van der Waals surface area contributed by atoms with Gasteiger partial charge in [0, 0.05) is 25.4 Å². The maximum Gasteiger partial charge on any atom is 0.279 e. The summed E-state index contributed by atoms with van der Waals surface area (Å²) in [5.41, 5.74) is 0. The van der Waals surface area contributed by atoms with Crippen LogP contribution in [-0.4, -0.2) is 57.0 Å². The van der Waals surface area contributed by atoms with E-state index in [9.17, 15) is 8.42 Å². The SMILES string of the molecule is CCCNCCCN(C)S(=O)(=O)NC1CCSC1. The van der Waals surface area contributed by atoms with Crippen LogP contribution in [0.2, 0.25) is 0 Å². The van der Waals surface area contributed by atoms with E-state index in [0.29, 0.717) is 6.54 Å². The number of rotatable bonds is 9. The molecule has 0 aromatic heterocycles. The van der Waals surface area contributed by atoms with E-state index in [2.05, 4.69) is 17.0 Å². The first-order valence-corrected chi connectivity index (χ1v) is 9.17. The van der Waals surface area contributed by atoms with Crippen LogP contribution in [0.4, 0.5) is 0 Å². The average Bonchev–Trinajstić information content (AvgIpc) is 2.80. The Balaban J connectivity index is 2.23. The Kier molecular flexibility index (Phi) is 7.55. The summed E-state index contributed by atoms with van der Waals surface area (Å²) >= 11 is 1.81. The molecular weight excluding hydrogens is 270 g/mol. The number of nitrogens with one attached hydrogen (secondary N) is 2. The first-order chi connectivity index (χ1) is 8.56. The molecule has 0 spiro atoms. The van der Waals surface area contributed by atoms with Gasteiger partial charge in [0.1, 0.15) is 0 Å². The van der Waals surface area contributed by atoms with Crippen molar-refractivity contribution in [2.24, 2.45) is 0 Å². The molecule has 1 heterocycles. The van der Waals surface area contributed by atoms with E-state index >= 15 is 0 Å². The maximum atomic E-state index is 12.0. The molecule has 1 aliphatic heterocycles. The Morgan fingerprint density at radius 3 is 2.78 bits per heavy atom.